The molecule has 1 saturated heterocycles. The third-order valence-electron chi connectivity index (χ3n) is 3.14. The summed E-state index contributed by atoms with van der Waals surface area (Å²) in [5.41, 5.74) is 0.946. The Hall–Kier alpha value is -0.770. The van der Waals surface area contributed by atoms with E-state index in [1.54, 1.807) is 0 Å². The number of rotatable bonds is 4. The molecule has 0 aromatic heterocycles. The van der Waals surface area contributed by atoms with Crippen LogP contribution in [0, 0.1) is 5.92 Å². The van der Waals surface area contributed by atoms with Crippen LogP contribution in [0.5, 0.6) is 0 Å². The summed E-state index contributed by atoms with van der Waals surface area (Å²) in [7, 11) is 0. The zero-order valence-electron chi connectivity index (χ0n) is 9.73. The maximum atomic E-state index is 9.46. The third-order valence-corrected chi connectivity index (χ3v) is 3.37. The molecule has 1 aliphatic heterocycles. The molecule has 0 spiro atoms. The van der Waals surface area contributed by atoms with Crippen LogP contribution in [-0.2, 0) is 4.74 Å². The number of benzene rings is 1. The second-order valence-corrected chi connectivity index (χ2v) is 4.86. The highest BCUT2D eigenvalue weighted by Gasteiger charge is 2.23. The summed E-state index contributed by atoms with van der Waals surface area (Å²) in [6.45, 7) is 1.67. The number of hydrogen-bond acceptors (Lipinski definition) is 3. The van der Waals surface area contributed by atoms with Crippen molar-refractivity contribution >= 4 is 17.3 Å². The first-order valence-electron chi connectivity index (χ1n) is 6.00. The molecule has 1 aliphatic rings. The molecule has 4 heteroatoms. The molecule has 17 heavy (non-hydrogen) atoms. The van der Waals surface area contributed by atoms with Crippen LogP contribution in [-0.4, -0.2) is 31.0 Å². The molecule has 1 fully saturated rings. The molecule has 3 nitrogen and oxygen atoms in total. The van der Waals surface area contributed by atoms with E-state index in [1.807, 2.05) is 24.3 Å². The van der Waals surface area contributed by atoms with E-state index in [0.29, 0.717) is 10.9 Å². The normalized spacial score (nSPS) is 22.1. The van der Waals surface area contributed by atoms with Gasteiger partial charge in [0.1, 0.15) is 0 Å². The second kappa shape index (κ2) is 6.24. The molecular formula is C13H18ClNO2. The molecule has 2 unspecified atom stereocenters. The van der Waals surface area contributed by atoms with Crippen LogP contribution >= 0.6 is 11.6 Å². The van der Waals surface area contributed by atoms with E-state index >= 15 is 0 Å². The van der Waals surface area contributed by atoms with Crippen LogP contribution in [0.2, 0.25) is 5.02 Å². The number of hydrogen-bond donors (Lipinski definition) is 2. The average molecular weight is 256 g/mol. The molecule has 2 rings (SSSR count). The van der Waals surface area contributed by atoms with Crippen LogP contribution in [0.4, 0.5) is 5.69 Å². The lowest BCUT2D eigenvalue weighted by atomic mass is 9.94. The minimum atomic E-state index is 0.0359. The topological polar surface area (TPSA) is 41.5 Å². The Morgan fingerprint density at radius 2 is 2.41 bits per heavy atom. The van der Waals surface area contributed by atoms with Gasteiger partial charge in [0.2, 0.25) is 0 Å². The first-order chi connectivity index (χ1) is 8.29. The Morgan fingerprint density at radius 3 is 3.06 bits per heavy atom. The van der Waals surface area contributed by atoms with Crippen molar-refractivity contribution in [2.45, 2.75) is 18.9 Å². The van der Waals surface area contributed by atoms with Gasteiger partial charge in [0.15, 0.2) is 0 Å². The molecule has 0 saturated carbocycles. The minimum absolute atomic E-state index is 0.0359. The summed E-state index contributed by atoms with van der Waals surface area (Å²) >= 11 is 5.93. The van der Waals surface area contributed by atoms with Gasteiger partial charge in [-0.05, 0) is 31.0 Å². The first kappa shape index (κ1) is 12.7. The van der Waals surface area contributed by atoms with Crippen LogP contribution in [0.25, 0.3) is 0 Å². The Kier molecular flexibility index (Phi) is 4.66. The molecule has 0 aliphatic carbocycles. The van der Waals surface area contributed by atoms with Crippen molar-refractivity contribution in [1.82, 2.24) is 0 Å². The summed E-state index contributed by atoms with van der Waals surface area (Å²) in [6.07, 6.45) is 2.16. The number of ether oxygens (including phenoxy) is 1. The molecule has 0 radical (unpaired) electrons. The van der Waals surface area contributed by atoms with Gasteiger partial charge in [0.05, 0.1) is 19.3 Å². The Bertz CT molecular complexity index is 353. The molecular weight excluding hydrogens is 238 g/mol. The maximum Gasteiger partial charge on any atom is 0.0636 e. The Balaban J connectivity index is 1.98. The fraction of sp³-hybridized carbons (Fsp3) is 0.538. The highest BCUT2D eigenvalue weighted by atomic mass is 35.5. The molecule has 94 valence electrons. The molecule has 1 heterocycles. The zero-order valence-corrected chi connectivity index (χ0v) is 10.5. The highest BCUT2D eigenvalue weighted by molar-refractivity contribution is 6.30. The lowest BCUT2D eigenvalue weighted by molar-refractivity contribution is 0.0392. The maximum absolute atomic E-state index is 9.46. The highest BCUT2D eigenvalue weighted by Crippen LogP contribution is 2.22. The van der Waals surface area contributed by atoms with E-state index in [0.717, 1.165) is 31.7 Å². The van der Waals surface area contributed by atoms with Crippen LogP contribution < -0.4 is 5.32 Å². The number of anilines is 1. The lowest BCUT2D eigenvalue weighted by Crippen LogP contribution is -2.37. The fourth-order valence-electron chi connectivity index (χ4n) is 2.19. The number of aliphatic hydroxyl groups excluding tert-OH is 1. The van der Waals surface area contributed by atoms with Crippen LogP contribution in [0.15, 0.2) is 24.3 Å². The summed E-state index contributed by atoms with van der Waals surface area (Å²) in [6, 6.07) is 7.60. The summed E-state index contributed by atoms with van der Waals surface area (Å²) < 4.78 is 5.45. The average Bonchev–Trinajstić information content (AvgIpc) is 2.37. The van der Waals surface area contributed by atoms with Gasteiger partial charge in [0, 0.05) is 23.2 Å². The summed E-state index contributed by atoms with van der Waals surface area (Å²) in [4.78, 5) is 0. The van der Waals surface area contributed by atoms with Crippen molar-refractivity contribution in [1.29, 1.82) is 0 Å². The van der Waals surface area contributed by atoms with Gasteiger partial charge in [-0.3, -0.25) is 0 Å². The predicted octanol–water partition coefficient (Wildman–Crippen LogP) is 2.54. The SMILES string of the molecule is OCC(Nc1cccc(Cl)c1)C1CCCOC1. The van der Waals surface area contributed by atoms with Gasteiger partial charge in [-0.2, -0.15) is 0 Å². The lowest BCUT2D eigenvalue weighted by Gasteiger charge is -2.30. The monoisotopic (exact) mass is 255 g/mol. The van der Waals surface area contributed by atoms with Gasteiger partial charge >= 0.3 is 0 Å². The second-order valence-electron chi connectivity index (χ2n) is 4.42. The molecule has 1 aromatic carbocycles. The summed E-state index contributed by atoms with van der Waals surface area (Å²) in [5, 5.41) is 13.5. The van der Waals surface area contributed by atoms with E-state index < -0.39 is 0 Å². The van der Waals surface area contributed by atoms with Crippen molar-refractivity contribution in [3.8, 4) is 0 Å². The smallest absolute Gasteiger partial charge is 0.0636 e. The van der Waals surface area contributed by atoms with Crippen molar-refractivity contribution < 1.29 is 9.84 Å². The van der Waals surface area contributed by atoms with Crippen molar-refractivity contribution in [2.24, 2.45) is 5.92 Å². The van der Waals surface area contributed by atoms with E-state index in [-0.39, 0.29) is 12.6 Å². The fourth-order valence-corrected chi connectivity index (χ4v) is 2.38. The Labute approximate surface area is 107 Å². The van der Waals surface area contributed by atoms with Crippen LogP contribution in [0.1, 0.15) is 12.8 Å². The molecule has 0 amide bonds. The quantitative estimate of drug-likeness (QED) is 0.869. The number of nitrogens with one attached hydrogen (secondary N) is 1. The molecule has 2 N–H and O–H groups in total. The molecule has 1 aromatic rings. The number of aliphatic hydroxyl groups is 1. The third kappa shape index (κ3) is 3.60. The number of halogens is 1. The predicted molar refractivity (Wildman–Crippen MR) is 69.5 cm³/mol. The van der Waals surface area contributed by atoms with E-state index in [9.17, 15) is 5.11 Å². The zero-order chi connectivity index (χ0) is 12.1. The largest absolute Gasteiger partial charge is 0.394 e. The molecule has 0 bridgehead atoms. The van der Waals surface area contributed by atoms with Crippen molar-refractivity contribution in [3.63, 3.8) is 0 Å². The van der Waals surface area contributed by atoms with Gasteiger partial charge in [-0.1, -0.05) is 17.7 Å². The van der Waals surface area contributed by atoms with E-state index in [2.05, 4.69) is 5.32 Å². The van der Waals surface area contributed by atoms with Gasteiger partial charge in [-0.15, -0.1) is 0 Å². The van der Waals surface area contributed by atoms with E-state index in [1.165, 1.54) is 0 Å². The van der Waals surface area contributed by atoms with Gasteiger partial charge in [0.25, 0.3) is 0 Å². The Morgan fingerprint density at radius 1 is 1.53 bits per heavy atom. The minimum Gasteiger partial charge on any atom is -0.394 e. The standard InChI is InChI=1S/C13H18ClNO2/c14-11-4-1-5-12(7-11)15-13(8-16)10-3-2-6-17-9-10/h1,4-5,7,10,13,15-16H,2-3,6,8-9H2. The first-order valence-corrected chi connectivity index (χ1v) is 6.38. The van der Waals surface area contributed by atoms with E-state index in [4.69, 9.17) is 16.3 Å². The van der Waals surface area contributed by atoms with Crippen LogP contribution in [0.3, 0.4) is 0 Å². The van der Waals surface area contributed by atoms with Gasteiger partial charge in [-0.25, -0.2) is 0 Å². The van der Waals surface area contributed by atoms with Gasteiger partial charge < -0.3 is 15.2 Å². The molecule has 2 atom stereocenters. The van der Waals surface area contributed by atoms with Crippen molar-refractivity contribution in [2.75, 3.05) is 25.1 Å². The summed E-state index contributed by atoms with van der Waals surface area (Å²) in [5.74, 6) is 0.368. The van der Waals surface area contributed by atoms with Crippen molar-refractivity contribution in [3.05, 3.63) is 29.3 Å².